The summed E-state index contributed by atoms with van der Waals surface area (Å²) in [6, 6.07) is 0. The van der Waals surface area contributed by atoms with Gasteiger partial charge in [0.15, 0.2) is 0 Å². The van der Waals surface area contributed by atoms with Crippen LogP contribution in [0.15, 0.2) is 23.3 Å². The molecule has 3 aliphatic rings. The van der Waals surface area contributed by atoms with E-state index in [9.17, 15) is 4.79 Å². The number of fused-ring (bicyclic) bond motifs is 3. The molecule has 0 amide bonds. The Labute approximate surface area is 139 Å². The second-order valence-electron chi connectivity index (χ2n) is 8.61. The lowest BCUT2D eigenvalue weighted by atomic mass is 9.47. The fourth-order valence-electron chi connectivity index (χ4n) is 5.55. The summed E-state index contributed by atoms with van der Waals surface area (Å²) < 4.78 is 5.66. The van der Waals surface area contributed by atoms with Crippen molar-refractivity contribution < 1.29 is 14.6 Å². The lowest BCUT2D eigenvalue weighted by Gasteiger charge is -2.58. The molecule has 1 N–H and O–H groups in total. The van der Waals surface area contributed by atoms with Crippen LogP contribution in [0.5, 0.6) is 0 Å². The maximum Gasteiger partial charge on any atom is 0.334 e. The maximum atomic E-state index is 12.5. The van der Waals surface area contributed by atoms with Crippen LogP contribution in [0.2, 0.25) is 0 Å². The summed E-state index contributed by atoms with van der Waals surface area (Å²) >= 11 is 0. The van der Waals surface area contributed by atoms with E-state index in [0.29, 0.717) is 11.3 Å². The Morgan fingerprint density at radius 2 is 2.13 bits per heavy atom. The average molecular weight is 318 g/mol. The molecule has 0 bridgehead atoms. The summed E-state index contributed by atoms with van der Waals surface area (Å²) in [5.41, 5.74) is 2.40. The fourth-order valence-corrected chi connectivity index (χ4v) is 5.55. The largest absolute Gasteiger partial charge is 0.454 e. The zero-order valence-electron chi connectivity index (χ0n) is 14.9. The highest BCUT2D eigenvalue weighted by Crippen LogP contribution is 2.61. The van der Waals surface area contributed by atoms with Crippen molar-refractivity contribution >= 4 is 5.97 Å². The molecule has 0 aromatic carbocycles. The zero-order valence-corrected chi connectivity index (χ0v) is 14.9. The van der Waals surface area contributed by atoms with E-state index in [1.807, 2.05) is 6.92 Å². The van der Waals surface area contributed by atoms with Crippen LogP contribution < -0.4 is 0 Å². The molecule has 2 fully saturated rings. The van der Waals surface area contributed by atoms with Gasteiger partial charge in [-0.2, -0.15) is 0 Å². The summed E-state index contributed by atoms with van der Waals surface area (Å²) in [5, 5.41) is 9.14. The maximum absolute atomic E-state index is 12.5. The standard InChI is InChI=1S/C20H30O3/c1-13(8-11-21)16-12-15-14(18(22)23-16)6-7-17-19(2,3)9-5-10-20(15,17)4/h6,8,15-17,21H,5,7,9-12H2,1-4H3. The van der Waals surface area contributed by atoms with Crippen molar-refractivity contribution in [1.82, 2.24) is 0 Å². The minimum Gasteiger partial charge on any atom is -0.454 e. The molecule has 0 aromatic rings. The van der Waals surface area contributed by atoms with Crippen LogP contribution >= 0.6 is 0 Å². The van der Waals surface area contributed by atoms with Crippen LogP contribution in [0.3, 0.4) is 0 Å². The smallest absolute Gasteiger partial charge is 0.334 e. The number of carbonyl (C=O) groups excluding carboxylic acids is 1. The number of allylic oxidation sites excluding steroid dienone is 1. The second kappa shape index (κ2) is 5.77. The van der Waals surface area contributed by atoms with Crippen molar-refractivity contribution in [2.24, 2.45) is 22.7 Å². The van der Waals surface area contributed by atoms with Crippen LogP contribution in [0.4, 0.5) is 0 Å². The molecule has 3 nitrogen and oxygen atoms in total. The molecule has 23 heavy (non-hydrogen) atoms. The van der Waals surface area contributed by atoms with Crippen molar-refractivity contribution in [3.05, 3.63) is 23.3 Å². The summed E-state index contributed by atoms with van der Waals surface area (Å²) in [5.74, 6) is 0.778. The van der Waals surface area contributed by atoms with E-state index in [-0.39, 0.29) is 30.0 Å². The molecule has 3 heteroatoms. The van der Waals surface area contributed by atoms with Gasteiger partial charge in [0.25, 0.3) is 0 Å². The third kappa shape index (κ3) is 2.67. The Hall–Kier alpha value is -1.09. The summed E-state index contributed by atoms with van der Waals surface area (Å²) in [6.45, 7) is 9.14. The van der Waals surface area contributed by atoms with Gasteiger partial charge >= 0.3 is 5.97 Å². The van der Waals surface area contributed by atoms with E-state index in [2.05, 4.69) is 26.8 Å². The molecular formula is C20H30O3. The van der Waals surface area contributed by atoms with Crippen molar-refractivity contribution in [2.75, 3.05) is 6.61 Å². The minimum atomic E-state index is -0.183. The number of rotatable bonds is 2. The van der Waals surface area contributed by atoms with Crippen molar-refractivity contribution in [1.29, 1.82) is 0 Å². The van der Waals surface area contributed by atoms with Crippen LogP contribution in [0.1, 0.15) is 59.8 Å². The molecule has 4 atom stereocenters. The third-order valence-corrected chi connectivity index (χ3v) is 6.88. The second-order valence-corrected chi connectivity index (χ2v) is 8.61. The van der Waals surface area contributed by atoms with E-state index in [0.717, 1.165) is 24.0 Å². The average Bonchev–Trinajstić information content (AvgIpc) is 2.47. The van der Waals surface area contributed by atoms with Crippen molar-refractivity contribution in [2.45, 2.75) is 65.9 Å². The molecular weight excluding hydrogens is 288 g/mol. The summed E-state index contributed by atoms with van der Waals surface area (Å²) in [7, 11) is 0. The van der Waals surface area contributed by atoms with Crippen LogP contribution in [-0.4, -0.2) is 23.8 Å². The van der Waals surface area contributed by atoms with Gasteiger partial charge in [0, 0.05) is 11.5 Å². The predicted octanol–water partition coefficient (Wildman–Crippen LogP) is 4.02. The number of cyclic esters (lactones) is 1. The van der Waals surface area contributed by atoms with E-state index >= 15 is 0 Å². The third-order valence-electron chi connectivity index (χ3n) is 6.88. The van der Waals surface area contributed by atoms with Gasteiger partial charge < -0.3 is 9.84 Å². The number of hydrogen-bond donors (Lipinski definition) is 1. The number of ether oxygens (including phenoxy) is 1. The Kier molecular flexibility index (Phi) is 4.20. The molecule has 0 radical (unpaired) electrons. The quantitative estimate of drug-likeness (QED) is 0.618. The minimum absolute atomic E-state index is 0.000170. The van der Waals surface area contributed by atoms with Gasteiger partial charge in [-0.25, -0.2) is 4.79 Å². The Balaban J connectivity index is 1.96. The molecule has 1 heterocycles. The number of aliphatic hydroxyl groups is 1. The van der Waals surface area contributed by atoms with Gasteiger partial charge in [-0.3, -0.25) is 0 Å². The Bertz CT molecular complexity index is 557. The van der Waals surface area contributed by atoms with Gasteiger partial charge in [0.1, 0.15) is 6.10 Å². The summed E-state index contributed by atoms with van der Waals surface area (Å²) in [6.07, 6.45) is 9.33. The Morgan fingerprint density at radius 1 is 1.39 bits per heavy atom. The number of esters is 1. The van der Waals surface area contributed by atoms with Crippen molar-refractivity contribution in [3.63, 3.8) is 0 Å². The molecule has 1 saturated carbocycles. The number of carbonyl (C=O) groups is 1. The van der Waals surface area contributed by atoms with E-state index in [1.54, 1.807) is 6.08 Å². The first kappa shape index (κ1) is 16.8. The first-order chi connectivity index (χ1) is 10.8. The highest BCUT2D eigenvalue weighted by atomic mass is 16.5. The van der Waals surface area contributed by atoms with Crippen LogP contribution in [0.25, 0.3) is 0 Å². The van der Waals surface area contributed by atoms with E-state index < -0.39 is 0 Å². The molecule has 4 unspecified atom stereocenters. The summed E-state index contributed by atoms with van der Waals surface area (Å²) in [4.78, 5) is 12.5. The fraction of sp³-hybridized carbons (Fsp3) is 0.750. The number of aliphatic hydroxyl groups excluding tert-OH is 1. The van der Waals surface area contributed by atoms with Gasteiger partial charge in [-0.05, 0) is 54.9 Å². The molecule has 1 aliphatic heterocycles. The zero-order chi connectivity index (χ0) is 16.8. The van der Waals surface area contributed by atoms with Gasteiger partial charge in [0.05, 0.1) is 6.61 Å². The molecule has 0 aromatic heterocycles. The molecule has 2 aliphatic carbocycles. The SMILES string of the molecule is CC(=CCO)C1CC2C(=CCC3C(C)(C)CCCC23C)C(=O)O1. The monoisotopic (exact) mass is 318 g/mol. The van der Waals surface area contributed by atoms with Gasteiger partial charge in [-0.1, -0.05) is 39.3 Å². The van der Waals surface area contributed by atoms with Crippen LogP contribution in [0, 0.1) is 22.7 Å². The highest BCUT2D eigenvalue weighted by Gasteiger charge is 2.55. The van der Waals surface area contributed by atoms with Gasteiger partial charge in [0.2, 0.25) is 0 Å². The number of hydrogen-bond acceptors (Lipinski definition) is 3. The first-order valence-corrected chi connectivity index (χ1v) is 8.98. The predicted molar refractivity (Wildman–Crippen MR) is 90.8 cm³/mol. The van der Waals surface area contributed by atoms with Gasteiger partial charge in [-0.15, -0.1) is 0 Å². The lowest BCUT2D eigenvalue weighted by Crippen LogP contribution is -2.52. The Morgan fingerprint density at radius 3 is 2.83 bits per heavy atom. The van der Waals surface area contributed by atoms with Crippen molar-refractivity contribution in [3.8, 4) is 0 Å². The lowest BCUT2D eigenvalue weighted by molar-refractivity contribution is -0.153. The topological polar surface area (TPSA) is 46.5 Å². The van der Waals surface area contributed by atoms with E-state index in [1.165, 1.54) is 19.3 Å². The normalized spacial score (nSPS) is 39.9. The molecule has 3 rings (SSSR count). The molecule has 1 saturated heterocycles. The first-order valence-electron chi connectivity index (χ1n) is 8.98. The van der Waals surface area contributed by atoms with E-state index in [4.69, 9.17) is 9.84 Å². The molecule has 128 valence electrons. The van der Waals surface area contributed by atoms with Crippen LogP contribution in [-0.2, 0) is 9.53 Å². The highest BCUT2D eigenvalue weighted by molar-refractivity contribution is 5.90. The molecule has 0 spiro atoms.